The smallest absolute Gasteiger partial charge is 0.335 e. The number of imide groups is 2. The van der Waals surface area contributed by atoms with Gasteiger partial charge in [-0.05, 0) is 78.1 Å². The second-order valence-corrected chi connectivity index (χ2v) is 8.17. The van der Waals surface area contributed by atoms with E-state index < -0.39 is 17.8 Å². The van der Waals surface area contributed by atoms with Crippen LogP contribution < -0.4 is 15.0 Å². The summed E-state index contributed by atoms with van der Waals surface area (Å²) in [6.45, 7) is 1.79. The number of urea groups is 1. The van der Waals surface area contributed by atoms with E-state index in [0.717, 1.165) is 10.5 Å². The quantitative estimate of drug-likeness (QED) is 0.411. The van der Waals surface area contributed by atoms with Crippen molar-refractivity contribution >= 4 is 41.2 Å². The Morgan fingerprint density at radius 3 is 2.56 bits per heavy atom. The summed E-state index contributed by atoms with van der Waals surface area (Å²) in [5.41, 5.74) is 2.77. The predicted molar refractivity (Wildman–Crippen MR) is 127 cm³/mol. The number of nitrogens with zero attached hydrogens (tertiary/aromatic N) is 1. The van der Waals surface area contributed by atoms with Gasteiger partial charge in [0.15, 0.2) is 0 Å². The number of benzene rings is 3. The zero-order valence-electron chi connectivity index (χ0n) is 18.4. The van der Waals surface area contributed by atoms with Crippen LogP contribution in [0.5, 0.6) is 5.75 Å². The number of nitrogens with one attached hydrogen (secondary N) is 1. The van der Waals surface area contributed by atoms with Crippen molar-refractivity contribution in [3.63, 3.8) is 0 Å². The van der Waals surface area contributed by atoms with Crippen molar-refractivity contribution in [1.29, 1.82) is 0 Å². The van der Waals surface area contributed by atoms with E-state index in [1.54, 1.807) is 49.4 Å². The fourth-order valence-corrected chi connectivity index (χ4v) is 3.81. The molecule has 0 aromatic heterocycles. The van der Waals surface area contributed by atoms with Crippen LogP contribution in [0.4, 0.5) is 14.9 Å². The third kappa shape index (κ3) is 4.70. The Morgan fingerprint density at radius 1 is 1.06 bits per heavy atom. The first-order valence-electron chi connectivity index (χ1n) is 10.4. The van der Waals surface area contributed by atoms with Crippen LogP contribution in [0.15, 0.2) is 66.2 Å². The number of rotatable bonds is 5. The molecule has 0 radical (unpaired) electrons. The Labute approximate surface area is 200 Å². The summed E-state index contributed by atoms with van der Waals surface area (Å²) in [7, 11) is 1.52. The first-order chi connectivity index (χ1) is 16.3. The lowest BCUT2D eigenvalue weighted by molar-refractivity contribution is -0.122. The average Bonchev–Trinajstić information content (AvgIpc) is 2.79. The molecular weight excluding hydrogens is 459 g/mol. The lowest BCUT2D eigenvalue weighted by Crippen LogP contribution is -2.54. The first-order valence-corrected chi connectivity index (χ1v) is 10.7. The van der Waals surface area contributed by atoms with Crippen molar-refractivity contribution in [3.8, 4) is 5.75 Å². The van der Waals surface area contributed by atoms with Crippen molar-refractivity contribution in [3.05, 3.63) is 99.3 Å². The molecule has 1 saturated heterocycles. The maximum Gasteiger partial charge on any atom is 0.335 e. The summed E-state index contributed by atoms with van der Waals surface area (Å²) in [6.07, 6.45) is 1.75. The molecular formula is C26H20ClFN2O4. The number of hydrogen-bond donors (Lipinski definition) is 1. The molecule has 3 aromatic carbocycles. The van der Waals surface area contributed by atoms with E-state index in [1.165, 1.54) is 31.4 Å². The molecule has 34 heavy (non-hydrogen) atoms. The van der Waals surface area contributed by atoms with Crippen LogP contribution in [0.3, 0.4) is 0 Å². The molecule has 3 aromatic rings. The largest absolute Gasteiger partial charge is 0.497 e. The van der Waals surface area contributed by atoms with E-state index in [9.17, 15) is 18.8 Å². The fraction of sp³-hybridized carbons (Fsp3) is 0.115. The Hall–Kier alpha value is -3.97. The van der Waals surface area contributed by atoms with Gasteiger partial charge in [-0.15, -0.1) is 0 Å². The maximum absolute atomic E-state index is 13.7. The van der Waals surface area contributed by atoms with Gasteiger partial charge in [0.2, 0.25) is 0 Å². The summed E-state index contributed by atoms with van der Waals surface area (Å²) < 4.78 is 19.0. The van der Waals surface area contributed by atoms with Crippen molar-refractivity contribution in [2.75, 3.05) is 12.0 Å². The molecule has 0 aliphatic carbocycles. The van der Waals surface area contributed by atoms with E-state index in [2.05, 4.69) is 5.32 Å². The summed E-state index contributed by atoms with van der Waals surface area (Å²) in [5.74, 6) is -1.38. The van der Waals surface area contributed by atoms with Crippen molar-refractivity contribution in [2.24, 2.45) is 0 Å². The molecule has 0 atom stereocenters. The molecule has 1 aliphatic heterocycles. The van der Waals surface area contributed by atoms with Crippen LogP contribution >= 0.6 is 11.6 Å². The molecule has 0 spiro atoms. The van der Waals surface area contributed by atoms with Gasteiger partial charge < -0.3 is 4.74 Å². The fourth-order valence-electron chi connectivity index (χ4n) is 3.64. The van der Waals surface area contributed by atoms with Gasteiger partial charge in [0.25, 0.3) is 11.8 Å². The van der Waals surface area contributed by atoms with E-state index >= 15 is 0 Å². The molecule has 6 nitrogen and oxygen atoms in total. The van der Waals surface area contributed by atoms with Crippen LogP contribution in [-0.2, 0) is 16.0 Å². The molecule has 4 rings (SSSR count). The van der Waals surface area contributed by atoms with Gasteiger partial charge in [-0.1, -0.05) is 35.9 Å². The number of aryl methyl sites for hydroxylation is 1. The molecule has 1 heterocycles. The van der Waals surface area contributed by atoms with Crippen LogP contribution in [0.2, 0.25) is 5.02 Å². The number of methoxy groups -OCH3 is 1. The molecule has 172 valence electrons. The summed E-state index contributed by atoms with van der Waals surface area (Å²) in [5, 5.41) is 2.59. The molecule has 8 heteroatoms. The minimum absolute atomic E-state index is 0.220. The van der Waals surface area contributed by atoms with Crippen LogP contribution in [-0.4, -0.2) is 25.0 Å². The molecule has 4 amide bonds. The lowest BCUT2D eigenvalue weighted by atomic mass is 9.97. The van der Waals surface area contributed by atoms with E-state index in [1.807, 2.05) is 0 Å². The van der Waals surface area contributed by atoms with Gasteiger partial charge in [0.1, 0.15) is 17.1 Å². The second-order valence-electron chi connectivity index (χ2n) is 7.76. The highest BCUT2D eigenvalue weighted by atomic mass is 35.5. The summed E-state index contributed by atoms with van der Waals surface area (Å²) >= 11 is 6.17. The van der Waals surface area contributed by atoms with E-state index in [-0.39, 0.29) is 17.1 Å². The Balaban J connectivity index is 1.76. The minimum Gasteiger partial charge on any atom is -0.497 e. The van der Waals surface area contributed by atoms with E-state index in [0.29, 0.717) is 33.9 Å². The van der Waals surface area contributed by atoms with Crippen molar-refractivity contribution in [1.82, 2.24) is 5.32 Å². The van der Waals surface area contributed by atoms with Crippen LogP contribution in [0, 0.1) is 12.7 Å². The molecule has 1 N–H and O–H groups in total. The van der Waals surface area contributed by atoms with Gasteiger partial charge in [0.05, 0.1) is 12.8 Å². The number of hydrogen-bond acceptors (Lipinski definition) is 4. The Morgan fingerprint density at radius 2 is 1.85 bits per heavy atom. The first kappa shape index (κ1) is 23.2. The third-order valence-corrected chi connectivity index (χ3v) is 5.86. The minimum atomic E-state index is -0.859. The number of barbiturate groups is 1. The highest BCUT2D eigenvalue weighted by Crippen LogP contribution is 2.28. The molecule has 1 fully saturated rings. The molecule has 0 unspecified atom stereocenters. The Kier molecular flexibility index (Phi) is 6.47. The van der Waals surface area contributed by atoms with E-state index in [4.69, 9.17) is 16.3 Å². The zero-order chi connectivity index (χ0) is 24.4. The second kappa shape index (κ2) is 9.49. The third-order valence-electron chi connectivity index (χ3n) is 5.45. The van der Waals surface area contributed by atoms with Gasteiger partial charge in [-0.25, -0.2) is 14.1 Å². The zero-order valence-corrected chi connectivity index (χ0v) is 19.2. The normalized spacial score (nSPS) is 15.0. The summed E-state index contributed by atoms with van der Waals surface area (Å²) in [6, 6.07) is 15.2. The molecule has 0 saturated carbocycles. The molecule has 0 bridgehead atoms. The predicted octanol–water partition coefficient (Wildman–Crippen LogP) is 5.05. The topological polar surface area (TPSA) is 75.7 Å². The van der Waals surface area contributed by atoms with Crippen LogP contribution in [0.25, 0.3) is 6.08 Å². The average molecular weight is 479 g/mol. The highest BCUT2D eigenvalue weighted by molar-refractivity contribution is 6.39. The van der Waals surface area contributed by atoms with Gasteiger partial charge in [0, 0.05) is 5.02 Å². The van der Waals surface area contributed by atoms with Gasteiger partial charge in [-0.2, -0.15) is 0 Å². The SMILES string of the molecule is COc1ccc(/C=C2\C(=O)NC(=O)N(c3ccc(C)c(Cl)c3)C2=O)c(Cc2cccc(F)c2)c1. The number of carbonyl (C=O) groups is 3. The Bertz CT molecular complexity index is 1350. The number of carbonyl (C=O) groups excluding carboxylic acids is 3. The standard InChI is InChI=1S/C26H20ClFN2O4/c1-15-6-8-20(14-23(15)27)30-25(32)22(24(31)29-26(30)33)13-17-7-9-21(34-2)12-18(17)10-16-4-3-5-19(28)11-16/h3-9,11-14H,10H2,1-2H3,(H,29,31,33)/b22-13+. The number of ether oxygens (including phenoxy) is 1. The molecule has 1 aliphatic rings. The van der Waals surface area contributed by atoms with Gasteiger partial charge >= 0.3 is 6.03 Å². The summed E-state index contributed by atoms with van der Waals surface area (Å²) in [4.78, 5) is 39.2. The highest BCUT2D eigenvalue weighted by Gasteiger charge is 2.37. The van der Waals surface area contributed by atoms with Crippen molar-refractivity contribution < 1.29 is 23.5 Å². The van der Waals surface area contributed by atoms with Crippen molar-refractivity contribution in [2.45, 2.75) is 13.3 Å². The number of halogens is 2. The number of amides is 4. The van der Waals surface area contributed by atoms with Gasteiger partial charge in [-0.3, -0.25) is 14.9 Å². The lowest BCUT2D eigenvalue weighted by Gasteiger charge is -2.26. The number of anilines is 1. The maximum atomic E-state index is 13.7. The monoisotopic (exact) mass is 478 g/mol. The van der Waals surface area contributed by atoms with Crippen LogP contribution in [0.1, 0.15) is 22.3 Å².